The fourth-order valence-electron chi connectivity index (χ4n) is 3.28. The van der Waals surface area contributed by atoms with E-state index in [0.717, 1.165) is 50.5 Å². The van der Waals surface area contributed by atoms with Crippen molar-refractivity contribution in [3.8, 4) is 5.69 Å². The predicted molar refractivity (Wildman–Crippen MR) is 97.9 cm³/mol. The van der Waals surface area contributed by atoms with Crippen molar-refractivity contribution in [2.75, 3.05) is 26.7 Å². The number of rotatable bonds is 6. The largest absolute Gasteiger partial charge is 0.416 e. The lowest BCUT2D eigenvalue weighted by Gasteiger charge is -2.31. The second kappa shape index (κ2) is 9.48. The summed E-state index contributed by atoms with van der Waals surface area (Å²) in [6.07, 6.45) is -0.875. The Hall–Kier alpha value is -1.71. The molecule has 150 valence electrons. The molecule has 1 saturated heterocycles. The molecular formula is C17H24ClF3N6. The first-order valence-electron chi connectivity index (χ1n) is 8.79. The topological polar surface area (TPSA) is 58.9 Å². The Morgan fingerprint density at radius 1 is 1.15 bits per heavy atom. The average molecular weight is 405 g/mol. The average Bonchev–Trinajstić information content (AvgIpc) is 3.08. The third-order valence-corrected chi connectivity index (χ3v) is 4.85. The van der Waals surface area contributed by atoms with E-state index in [-0.39, 0.29) is 12.4 Å². The Bertz CT molecular complexity index is 695. The quantitative estimate of drug-likeness (QED) is 0.802. The van der Waals surface area contributed by atoms with Crippen LogP contribution in [0.2, 0.25) is 0 Å². The molecule has 0 spiro atoms. The summed E-state index contributed by atoms with van der Waals surface area (Å²) in [5, 5.41) is 14.9. The van der Waals surface area contributed by atoms with Gasteiger partial charge in [0.2, 0.25) is 0 Å². The summed E-state index contributed by atoms with van der Waals surface area (Å²) >= 11 is 0. The number of hydrogen-bond acceptors (Lipinski definition) is 5. The first-order chi connectivity index (χ1) is 12.5. The molecule has 1 aliphatic heterocycles. The van der Waals surface area contributed by atoms with Gasteiger partial charge in [-0.05, 0) is 86.6 Å². The van der Waals surface area contributed by atoms with Gasteiger partial charge in [-0.15, -0.1) is 17.5 Å². The van der Waals surface area contributed by atoms with Gasteiger partial charge in [-0.2, -0.15) is 17.9 Å². The van der Waals surface area contributed by atoms with Gasteiger partial charge in [-0.3, -0.25) is 4.90 Å². The van der Waals surface area contributed by atoms with Crippen LogP contribution in [0.3, 0.4) is 0 Å². The molecule has 2 heterocycles. The first kappa shape index (κ1) is 21.6. The molecule has 0 saturated carbocycles. The number of tetrazole rings is 1. The molecule has 0 amide bonds. The number of nitrogens with zero attached hydrogens (tertiary/aromatic N) is 5. The number of halogens is 4. The highest BCUT2D eigenvalue weighted by molar-refractivity contribution is 5.85. The molecule has 1 aromatic carbocycles. The number of aromatic nitrogens is 4. The van der Waals surface area contributed by atoms with E-state index < -0.39 is 11.7 Å². The molecule has 10 heteroatoms. The Morgan fingerprint density at radius 2 is 1.81 bits per heavy atom. The number of alkyl halides is 3. The number of piperidine rings is 1. The lowest BCUT2D eigenvalue weighted by molar-refractivity contribution is -0.137. The minimum atomic E-state index is -4.35. The Balaban J connectivity index is 0.00000261. The lowest BCUT2D eigenvalue weighted by Crippen LogP contribution is -2.34. The molecule has 1 aromatic heterocycles. The maximum Gasteiger partial charge on any atom is 0.416 e. The van der Waals surface area contributed by atoms with Gasteiger partial charge in [0.25, 0.3) is 0 Å². The Kier molecular flexibility index (Phi) is 7.58. The summed E-state index contributed by atoms with van der Waals surface area (Å²) in [6, 6.07) is 4.89. The molecule has 0 unspecified atom stereocenters. The highest BCUT2D eigenvalue weighted by Crippen LogP contribution is 2.29. The second-order valence-corrected chi connectivity index (χ2v) is 6.66. The molecule has 0 atom stereocenters. The molecule has 0 radical (unpaired) electrons. The van der Waals surface area contributed by atoms with Gasteiger partial charge in [0.05, 0.1) is 17.8 Å². The normalized spacial score (nSPS) is 16.3. The van der Waals surface area contributed by atoms with Crippen LogP contribution in [-0.4, -0.2) is 51.8 Å². The van der Waals surface area contributed by atoms with Crippen LogP contribution in [-0.2, 0) is 12.7 Å². The molecule has 0 aliphatic carbocycles. The molecule has 1 aliphatic rings. The van der Waals surface area contributed by atoms with Crippen molar-refractivity contribution in [3.05, 3.63) is 35.7 Å². The van der Waals surface area contributed by atoms with Crippen molar-refractivity contribution >= 4 is 12.4 Å². The molecule has 27 heavy (non-hydrogen) atoms. The van der Waals surface area contributed by atoms with Crippen LogP contribution in [0, 0.1) is 5.92 Å². The van der Waals surface area contributed by atoms with E-state index in [1.807, 2.05) is 7.05 Å². The van der Waals surface area contributed by atoms with Gasteiger partial charge in [-0.25, -0.2) is 0 Å². The third kappa shape index (κ3) is 5.63. The van der Waals surface area contributed by atoms with Crippen molar-refractivity contribution in [2.24, 2.45) is 5.92 Å². The van der Waals surface area contributed by atoms with Crippen LogP contribution in [0.1, 0.15) is 30.7 Å². The SMILES string of the molecule is CNCCC1CCN(Cc2nnnn2-c2ccc(C(F)(F)F)cc2)CC1.Cl. The molecule has 0 bridgehead atoms. The highest BCUT2D eigenvalue weighted by atomic mass is 35.5. The van der Waals surface area contributed by atoms with E-state index in [2.05, 4.69) is 25.7 Å². The zero-order chi connectivity index (χ0) is 18.6. The van der Waals surface area contributed by atoms with E-state index in [1.54, 1.807) is 0 Å². The number of benzene rings is 1. The molecule has 2 aromatic rings. The van der Waals surface area contributed by atoms with Gasteiger partial charge < -0.3 is 5.32 Å². The van der Waals surface area contributed by atoms with Gasteiger partial charge in [-0.1, -0.05) is 0 Å². The third-order valence-electron chi connectivity index (χ3n) is 4.85. The van der Waals surface area contributed by atoms with Gasteiger partial charge in [0.15, 0.2) is 5.82 Å². The maximum absolute atomic E-state index is 12.7. The summed E-state index contributed by atoms with van der Waals surface area (Å²) in [6.45, 7) is 3.59. The molecular weight excluding hydrogens is 381 g/mol. The first-order valence-corrected chi connectivity index (χ1v) is 8.79. The van der Waals surface area contributed by atoms with Crippen LogP contribution in [0.15, 0.2) is 24.3 Å². The van der Waals surface area contributed by atoms with Crippen LogP contribution in [0.25, 0.3) is 5.69 Å². The van der Waals surface area contributed by atoms with E-state index >= 15 is 0 Å². The smallest absolute Gasteiger partial charge is 0.320 e. The van der Waals surface area contributed by atoms with Crippen LogP contribution < -0.4 is 5.32 Å². The highest BCUT2D eigenvalue weighted by Gasteiger charge is 2.30. The molecule has 1 N–H and O–H groups in total. The van der Waals surface area contributed by atoms with Crippen molar-refractivity contribution in [1.82, 2.24) is 30.4 Å². The van der Waals surface area contributed by atoms with Crippen molar-refractivity contribution in [3.63, 3.8) is 0 Å². The number of likely N-dealkylation sites (tertiary alicyclic amines) is 1. The minimum absolute atomic E-state index is 0. The summed E-state index contributed by atoms with van der Waals surface area (Å²) in [5.41, 5.74) is -0.151. The van der Waals surface area contributed by atoms with E-state index in [1.165, 1.54) is 23.2 Å². The fraction of sp³-hybridized carbons (Fsp3) is 0.588. The lowest BCUT2D eigenvalue weighted by atomic mass is 9.93. The van der Waals surface area contributed by atoms with E-state index in [4.69, 9.17) is 0 Å². The monoisotopic (exact) mass is 404 g/mol. The Labute approximate surface area is 162 Å². The van der Waals surface area contributed by atoms with Crippen molar-refractivity contribution in [2.45, 2.75) is 32.0 Å². The van der Waals surface area contributed by atoms with Gasteiger partial charge in [0.1, 0.15) is 0 Å². The van der Waals surface area contributed by atoms with Crippen LogP contribution in [0.4, 0.5) is 13.2 Å². The van der Waals surface area contributed by atoms with Crippen molar-refractivity contribution in [1.29, 1.82) is 0 Å². The zero-order valence-electron chi connectivity index (χ0n) is 15.1. The molecule has 6 nitrogen and oxygen atoms in total. The summed E-state index contributed by atoms with van der Waals surface area (Å²) in [4.78, 5) is 2.29. The summed E-state index contributed by atoms with van der Waals surface area (Å²) < 4.78 is 39.6. The van der Waals surface area contributed by atoms with E-state index in [9.17, 15) is 13.2 Å². The van der Waals surface area contributed by atoms with Gasteiger partial charge >= 0.3 is 6.18 Å². The van der Waals surface area contributed by atoms with E-state index in [0.29, 0.717) is 18.1 Å². The molecule has 1 fully saturated rings. The minimum Gasteiger partial charge on any atom is -0.320 e. The van der Waals surface area contributed by atoms with Gasteiger partial charge in [0, 0.05) is 0 Å². The van der Waals surface area contributed by atoms with Crippen molar-refractivity contribution < 1.29 is 13.2 Å². The zero-order valence-corrected chi connectivity index (χ0v) is 15.9. The Morgan fingerprint density at radius 3 is 2.41 bits per heavy atom. The second-order valence-electron chi connectivity index (χ2n) is 6.66. The standard InChI is InChI=1S/C17H23F3N6.ClH/c1-21-9-6-13-7-10-25(11-8-13)12-16-22-23-24-26(16)15-4-2-14(3-5-15)17(18,19)20;/h2-5,13,21H,6-12H2,1H3;1H. The van der Waals surface area contributed by atoms with Crippen LogP contribution >= 0.6 is 12.4 Å². The number of nitrogens with one attached hydrogen (secondary N) is 1. The summed E-state index contributed by atoms with van der Waals surface area (Å²) in [5.74, 6) is 1.38. The summed E-state index contributed by atoms with van der Waals surface area (Å²) in [7, 11) is 1.97. The van der Waals surface area contributed by atoms with Crippen LogP contribution in [0.5, 0.6) is 0 Å². The molecule has 3 rings (SSSR count). The number of hydrogen-bond donors (Lipinski definition) is 1. The maximum atomic E-state index is 12.7. The predicted octanol–water partition coefficient (Wildman–Crippen LogP) is 2.92. The fourth-order valence-corrected chi connectivity index (χ4v) is 3.28.